The van der Waals surface area contributed by atoms with E-state index in [4.69, 9.17) is 10.2 Å². The van der Waals surface area contributed by atoms with Crippen LogP contribution in [-0.2, 0) is 6.42 Å². The Morgan fingerprint density at radius 1 is 1.05 bits per heavy atom. The van der Waals surface area contributed by atoms with Crippen molar-refractivity contribution in [3.05, 3.63) is 23.8 Å². The summed E-state index contributed by atoms with van der Waals surface area (Å²) >= 11 is 0. The highest BCUT2D eigenvalue weighted by Crippen LogP contribution is 2.24. The number of hydrazine groups is 1. The minimum Gasteiger partial charge on any atom is -0.504 e. The second kappa shape index (κ2) is 7.96. The Balaban J connectivity index is 2.51. The molecule has 0 aliphatic rings. The first-order valence-electron chi connectivity index (χ1n) is 6.27. The van der Waals surface area contributed by atoms with Crippen molar-refractivity contribution in [3.63, 3.8) is 0 Å². The molecule has 0 heterocycles. The van der Waals surface area contributed by atoms with Crippen LogP contribution in [0.25, 0.3) is 0 Å². The van der Waals surface area contributed by atoms with E-state index in [1.807, 2.05) is 17.1 Å². The van der Waals surface area contributed by atoms with Gasteiger partial charge in [0.15, 0.2) is 11.5 Å². The van der Waals surface area contributed by atoms with E-state index >= 15 is 0 Å². The van der Waals surface area contributed by atoms with Crippen LogP contribution in [0.15, 0.2) is 18.2 Å². The third-order valence-electron chi connectivity index (χ3n) is 2.96. The lowest BCUT2D eigenvalue weighted by Gasteiger charge is -2.20. The summed E-state index contributed by atoms with van der Waals surface area (Å²) in [4.78, 5) is 0. The number of aliphatic hydroxyl groups excluding tert-OH is 2. The van der Waals surface area contributed by atoms with Crippen LogP contribution in [0, 0.1) is 0 Å². The van der Waals surface area contributed by atoms with Crippen LogP contribution in [0.3, 0.4) is 0 Å². The van der Waals surface area contributed by atoms with Crippen molar-refractivity contribution in [2.45, 2.75) is 6.42 Å². The number of aromatic hydroxyl groups is 2. The zero-order valence-electron chi connectivity index (χ0n) is 11.2. The predicted molar refractivity (Wildman–Crippen MR) is 72.1 cm³/mol. The fraction of sp³-hybridized carbons (Fsp3) is 0.538. The van der Waals surface area contributed by atoms with Gasteiger partial charge in [0.05, 0.1) is 26.3 Å². The van der Waals surface area contributed by atoms with Crippen molar-refractivity contribution < 1.29 is 20.4 Å². The molecule has 0 fully saturated rings. The van der Waals surface area contributed by atoms with Crippen LogP contribution in [0.1, 0.15) is 5.56 Å². The average Bonchev–Trinajstić information content (AvgIpc) is 2.39. The number of nitrogens with zero attached hydrogens (tertiary/aromatic N) is 2. The molecule has 0 aliphatic heterocycles. The van der Waals surface area contributed by atoms with Crippen LogP contribution in [0.4, 0.5) is 0 Å². The van der Waals surface area contributed by atoms with Gasteiger partial charge in [-0.2, -0.15) is 0 Å². The number of hydrogen-bond donors (Lipinski definition) is 4. The van der Waals surface area contributed by atoms with E-state index in [1.54, 1.807) is 6.07 Å². The lowest BCUT2D eigenvalue weighted by atomic mass is 10.1. The molecule has 0 unspecified atom stereocenters. The molecule has 107 valence electrons. The minimum atomic E-state index is -0.126. The predicted octanol–water partition coefficient (Wildman–Crippen LogP) is -0.388. The highest BCUT2D eigenvalue weighted by Gasteiger charge is 2.19. The number of phenols is 2. The fourth-order valence-electron chi connectivity index (χ4n) is 1.84. The Morgan fingerprint density at radius 2 is 1.68 bits per heavy atom. The van der Waals surface area contributed by atoms with Crippen LogP contribution < -0.4 is 5.01 Å². The van der Waals surface area contributed by atoms with Crippen LogP contribution in [-0.4, -0.2) is 65.3 Å². The van der Waals surface area contributed by atoms with Crippen molar-refractivity contribution in [2.24, 2.45) is 0 Å². The molecule has 1 rings (SSSR count). The molecule has 1 aromatic carbocycles. The summed E-state index contributed by atoms with van der Waals surface area (Å²) in [5.41, 5.74) is 0.912. The molecule has 4 N–H and O–H groups in total. The molecule has 0 aromatic heterocycles. The standard InChI is InChI=1S/C13H22N2O4/c1-14(15(6-8-16)7-9-17)5-4-11-2-3-12(18)13(19)10-11/h2-3,10,16-19H,4-9H2,1H3/q+1. The van der Waals surface area contributed by atoms with Crippen molar-refractivity contribution in [1.29, 1.82) is 0 Å². The van der Waals surface area contributed by atoms with Gasteiger partial charge in [-0.1, -0.05) is 11.1 Å². The molecule has 0 atom stereocenters. The van der Waals surface area contributed by atoms with Crippen LogP contribution in [0.2, 0.25) is 0 Å². The molecule has 1 radical (unpaired) electrons. The molecule has 19 heavy (non-hydrogen) atoms. The summed E-state index contributed by atoms with van der Waals surface area (Å²) in [6.45, 7) is 1.69. The second-order valence-corrected chi connectivity index (χ2v) is 4.36. The normalized spacial score (nSPS) is 11.4. The Kier molecular flexibility index (Phi) is 6.58. The number of benzene rings is 1. The molecule has 0 spiro atoms. The Bertz CT molecular complexity index is 381. The lowest BCUT2D eigenvalue weighted by molar-refractivity contribution is 0.0497. The molecule has 0 aliphatic carbocycles. The molecule has 0 amide bonds. The third-order valence-corrected chi connectivity index (χ3v) is 2.96. The summed E-state index contributed by atoms with van der Waals surface area (Å²) in [5.74, 6) is -0.248. The Labute approximate surface area is 113 Å². The van der Waals surface area contributed by atoms with Crippen molar-refractivity contribution in [1.82, 2.24) is 10.0 Å². The molecule has 6 nitrogen and oxygen atoms in total. The molecule has 0 saturated heterocycles. The highest BCUT2D eigenvalue weighted by atomic mass is 16.3. The van der Waals surface area contributed by atoms with Gasteiger partial charge in [-0.05, 0) is 17.7 Å². The van der Waals surface area contributed by atoms with E-state index in [-0.39, 0.29) is 24.7 Å². The van der Waals surface area contributed by atoms with E-state index < -0.39 is 0 Å². The van der Waals surface area contributed by atoms with Gasteiger partial charge in [-0.3, -0.25) is 0 Å². The van der Waals surface area contributed by atoms with E-state index in [0.29, 0.717) is 26.1 Å². The summed E-state index contributed by atoms with van der Waals surface area (Å²) in [6, 6.07) is 4.75. The summed E-state index contributed by atoms with van der Waals surface area (Å²) in [5, 5.41) is 40.3. The maximum Gasteiger partial charge on any atom is 0.157 e. The van der Waals surface area contributed by atoms with Gasteiger partial charge < -0.3 is 20.4 Å². The van der Waals surface area contributed by atoms with Crippen LogP contribution >= 0.6 is 0 Å². The molecule has 1 aromatic rings. The topological polar surface area (TPSA) is 90.1 Å². The van der Waals surface area contributed by atoms with Gasteiger partial charge in [-0.15, -0.1) is 5.01 Å². The van der Waals surface area contributed by atoms with Gasteiger partial charge in [0.2, 0.25) is 0 Å². The van der Waals surface area contributed by atoms with E-state index in [0.717, 1.165) is 5.56 Å². The number of rotatable bonds is 8. The Hall–Kier alpha value is -1.34. The Morgan fingerprint density at radius 3 is 2.21 bits per heavy atom. The fourth-order valence-corrected chi connectivity index (χ4v) is 1.84. The van der Waals surface area contributed by atoms with Gasteiger partial charge in [0.1, 0.15) is 13.6 Å². The molecular weight excluding hydrogens is 248 g/mol. The summed E-state index contributed by atoms with van der Waals surface area (Å²) in [6.07, 6.45) is 0.692. The van der Waals surface area contributed by atoms with Crippen molar-refractivity contribution >= 4 is 0 Å². The monoisotopic (exact) mass is 270 g/mol. The quantitative estimate of drug-likeness (QED) is 0.293. The lowest BCUT2D eigenvalue weighted by Crippen LogP contribution is -2.48. The summed E-state index contributed by atoms with van der Waals surface area (Å²) in [7, 11) is 1.88. The largest absolute Gasteiger partial charge is 0.504 e. The second-order valence-electron chi connectivity index (χ2n) is 4.36. The van der Waals surface area contributed by atoms with Gasteiger partial charge >= 0.3 is 0 Å². The highest BCUT2D eigenvalue weighted by molar-refractivity contribution is 5.40. The number of phenolic OH excluding ortho intramolecular Hbond substituents is 2. The number of aliphatic hydroxyl groups is 2. The van der Waals surface area contributed by atoms with E-state index in [1.165, 1.54) is 12.1 Å². The average molecular weight is 270 g/mol. The maximum absolute atomic E-state index is 9.40. The third kappa shape index (κ3) is 5.04. The maximum atomic E-state index is 9.40. The SMILES string of the molecule is C[N+](CCc1ccc(O)c(O)c1)N(CCO)CCO. The van der Waals surface area contributed by atoms with Crippen molar-refractivity contribution in [2.75, 3.05) is 39.9 Å². The van der Waals surface area contributed by atoms with Crippen LogP contribution in [0.5, 0.6) is 11.5 Å². The summed E-state index contributed by atoms with van der Waals surface area (Å²) < 4.78 is 0. The molecular formula is C13H22N2O4+. The zero-order chi connectivity index (χ0) is 14.3. The number of likely N-dealkylation sites (N-methyl/N-ethyl adjacent to an activating group) is 1. The molecule has 6 heteroatoms. The first-order valence-corrected chi connectivity index (χ1v) is 6.27. The number of hydrogen-bond acceptors (Lipinski definition) is 6. The van der Waals surface area contributed by atoms with E-state index in [9.17, 15) is 10.2 Å². The smallest absolute Gasteiger partial charge is 0.157 e. The van der Waals surface area contributed by atoms with Crippen molar-refractivity contribution in [3.8, 4) is 11.5 Å². The van der Waals surface area contributed by atoms with Gasteiger partial charge in [-0.25, -0.2) is 0 Å². The first-order chi connectivity index (χ1) is 9.08. The molecule has 0 saturated carbocycles. The minimum absolute atomic E-state index is 0.0321. The first kappa shape index (κ1) is 15.7. The molecule has 0 bridgehead atoms. The zero-order valence-corrected chi connectivity index (χ0v) is 11.2. The van der Waals surface area contributed by atoms with Gasteiger partial charge in [0.25, 0.3) is 0 Å². The van der Waals surface area contributed by atoms with Gasteiger partial charge in [0, 0.05) is 6.42 Å². The van der Waals surface area contributed by atoms with E-state index in [2.05, 4.69) is 0 Å².